The highest BCUT2D eigenvalue weighted by molar-refractivity contribution is 5.74. The first-order valence-corrected chi connectivity index (χ1v) is 6.93. The lowest BCUT2D eigenvalue weighted by atomic mass is 9.92. The summed E-state index contributed by atoms with van der Waals surface area (Å²) < 4.78 is 0. The molecule has 2 N–H and O–H groups in total. The molecule has 1 aromatic heterocycles. The topological polar surface area (TPSA) is 83.0 Å². The van der Waals surface area contributed by atoms with Gasteiger partial charge in [0.05, 0.1) is 16.9 Å². The van der Waals surface area contributed by atoms with Crippen molar-refractivity contribution in [3.8, 4) is 6.07 Å². The fourth-order valence-corrected chi connectivity index (χ4v) is 2.86. The number of pyridine rings is 1. The van der Waals surface area contributed by atoms with E-state index in [9.17, 15) is 10.1 Å². The summed E-state index contributed by atoms with van der Waals surface area (Å²) in [6.07, 6.45) is 2.34. The molecular formula is C15H20N4O. The monoisotopic (exact) mass is 272 g/mol. The van der Waals surface area contributed by atoms with Crippen LogP contribution < -0.4 is 10.6 Å². The number of anilines is 1. The van der Waals surface area contributed by atoms with Crippen molar-refractivity contribution in [1.82, 2.24) is 4.98 Å². The highest BCUT2D eigenvalue weighted by Crippen LogP contribution is 2.29. The first kappa shape index (κ1) is 14.3. The van der Waals surface area contributed by atoms with Gasteiger partial charge in [-0.05, 0) is 38.7 Å². The molecule has 1 fully saturated rings. The number of primary amides is 1. The number of hydrogen-bond donors (Lipinski definition) is 1. The van der Waals surface area contributed by atoms with Crippen LogP contribution in [0.5, 0.6) is 0 Å². The number of piperidine rings is 1. The van der Waals surface area contributed by atoms with Gasteiger partial charge in [0, 0.05) is 25.2 Å². The smallest absolute Gasteiger partial charge is 0.217 e. The second kappa shape index (κ2) is 5.91. The number of hydrogen-bond acceptors (Lipinski definition) is 4. The third-order valence-corrected chi connectivity index (χ3v) is 3.86. The predicted molar refractivity (Wildman–Crippen MR) is 77.2 cm³/mol. The van der Waals surface area contributed by atoms with Crippen LogP contribution >= 0.6 is 0 Å². The maximum atomic E-state index is 11.0. The van der Waals surface area contributed by atoms with Crippen LogP contribution in [0, 0.1) is 31.1 Å². The minimum absolute atomic E-state index is 0.225. The van der Waals surface area contributed by atoms with Crippen LogP contribution in [0.2, 0.25) is 0 Å². The Kier molecular flexibility index (Phi) is 4.23. The normalized spacial score (nSPS) is 15.9. The standard InChI is InChI=1S/C15H20N4O/c1-10-7-14(13(9-16)11(2)18-10)19-5-3-12(4-6-19)8-15(17)20/h7,12H,3-6,8H2,1-2H3,(H2,17,20). The summed E-state index contributed by atoms with van der Waals surface area (Å²) in [7, 11) is 0. The first-order chi connectivity index (χ1) is 9.51. The number of nitrogens with two attached hydrogens (primary N) is 1. The van der Waals surface area contributed by atoms with Crippen LogP contribution in [-0.2, 0) is 4.79 Å². The largest absolute Gasteiger partial charge is 0.370 e. The van der Waals surface area contributed by atoms with Gasteiger partial charge in [-0.15, -0.1) is 0 Å². The molecule has 0 spiro atoms. The van der Waals surface area contributed by atoms with Crippen molar-refractivity contribution in [2.75, 3.05) is 18.0 Å². The molecule has 0 bridgehead atoms. The molecule has 0 atom stereocenters. The van der Waals surface area contributed by atoms with Gasteiger partial charge in [-0.25, -0.2) is 0 Å². The molecule has 2 rings (SSSR count). The molecule has 1 aliphatic rings. The lowest BCUT2D eigenvalue weighted by Crippen LogP contribution is -2.35. The Labute approximate surface area is 119 Å². The number of aromatic nitrogens is 1. The molecule has 1 aromatic rings. The summed E-state index contributed by atoms with van der Waals surface area (Å²) >= 11 is 0. The molecule has 2 heterocycles. The Balaban J connectivity index is 2.15. The zero-order valence-corrected chi connectivity index (χ0v) is 12.0. The van der Waals surface area contributed by atoms with Crippen molar-refractivity contribution in [3.63, 3.8) is 0 Å². The van der Waals surface area contributed by atoms with Crippen molar-refractivity contribution >= 4 is 11.6 Å². The first-order valence-electron chi connectivity index (χ1n) is 6.93. The summed E-state index contributed by atoms with van der Waals surface area (Å²) in [5.74, 6) is 0.148. The number of rotatable bonds is 3. The maximum Gasteiger partial charge on any atom is 0.217 e. The van der Waals surface area contributed by atoms with Crippen LogP contribution in [-0.4, -0.2) is 24.0 Å². The van der Waals surface area contributed by atoms with E-state index in [0.29, 0.717) is 17.9 Å². The van der Waals surface area contributed by atoms with Crippen molar-refractivity contribution in [1.29, 1.82) is 5.26 Å². The summed E-state index contributed by atoms with van der Waals surface area (Å²) in [5, 5.41) is 9.31. The van der Waals surface area contributed by atoms with Gasteiger partial charge in [-0.3, -0.25) is 9.78 Å². The van der Waals surface area contributed by atoms with Gasteiger partial charge in [0.15, 0.2) is 0 Å². The summed E-state index contributed by atoms with van der Waals surface area (Å²) in [4.78, 5) is 17.5. The van der Waals surface area contributed by atoms with E-state index in [-0.39, 0.29) is 5.91 Å². The molecule has 0 aromatic carbocycles. The molecule has 5 nitrogen and oxygen atoms in total. The molecule has 20 heavy (non-hydrogen) atoms. The number of nitrogens with zero attached hydrogens (tertiary/aromatic N) is 3. The molecule has 1 amide bonds. The molecule has 1 saturated heterocycles. The minimum Gasteiger partial charge on any atom is -0.370 e. The fraction of sp³-hybridized carbons (Fsp3) is 0.533. The number of aryl methyl sites for hydroxylation is 2. The van der Waals surface area contributed by atoms with E-state index < -0.39 is 0 Å². The van der Waals surface area contributed by atoms with Gasteiger partial charge in [-0.1, -0.05) is 0 Å². The zero-order valence-electron chi connectivity index (χ0n) is 12.0. The van der Waals surface area contributed by atoms with Crippen LogP contribution in [0.1, 0.15) is 36.2 Å². The highest BCUT2D eigenvalue weighted by atomic mass is 16.1. The number of nitriles is 1. The Bertz CT molecular complexity index is 554. The minimum atomic E-state index is -0.225. The molecule has 0 saturated carbocycles. The van der Waals surface area contributed by atoms with E-state index in [4.69, 9.17) is 5.73 Å². The molecular weight excluding hydrogens is 252 g/mol. The van der Waals surface area contributed by atoms with E-state index in [1.54, 1.807) is 0 Å². The second-order valence-electron chi connectivity index (χ2n) is 5.46. The molecule has 1 aliphatic heterocycles. The lowest BCUT2D eigenvalue weighted by Gasteiger charge is -2.34. The molecule has 0 aliphatic carbocycles. The Morgan fingerprint density at radius 3 is 2.70 bits per heavy atom. The summed E-state index contributed by atoms with van der Waals surface area (Å²) in [6, 6.07) is 4.23. The lowest BCUT2D eigenvalue weighted by molar-refractivity contribution is -0.119. The van der Waals surface area contributed by atoms with E-state index in [0.717, 1.165) is 43.0 Å². The number of amides is 1. The summed E-state index contributed by atoms with van der Waals surface area (Å²) in [6.45, 7) is 5.53. The Morgan fingerprint density at radius 2 is 2.15 bits per heavy atom. The highest BCUT2D eigenvalue weighted by Gasteiger charge is 2.23. The second-order valence-corrected chi connectivity index (χ2v) is 5.46. The van der Waals surface area contributed by atoms with Gasteiger partial charge in [-0.2, -0.15) is 5.26 Å². The molecule has 0 unspecified atom stereocenters. The van der Waals surface area contributed by atoms with Crippen LogP contribution in [0.15, 0.2) is 6.07 Å². The van der Waals surface area contributed by atoms with Crippen molar-refractivity contribution in [2.24, 2.45) is 11.7 Å². The third kappa shape index (κ3) is 3.08. The molecule has 106 valence electrons. The SMILES string of the molecule is Cc1cc(N2CCC(CC(N)=O)CC2)c(C#N)c(C)n1. The Hall–Kier alpha value is -2.09. The molecule has 5 heteroatoms. The third-order valence-electron chi connectivity index (χ3n) is 3.86. The van der Waals surface area contributed by atoms with Crippen LogP contribution in [0.25, 0.3) is 0 Å². The average Bonchev–Trinajstić information content (AvgIpc) is 2.38. The van der Waals surface area contributed by atoms with Gasteiger partial charge in [0.25, 0.3) is 0 Å². The van der Waals surface area contributed by atoms with E-state index in [1.165, 1.54) is 0 Å². The predicted octanol–water partition coefficient (Wildman–Crippen LogP) is 1.66. The zero-order chi connectivity index (χ0) is 14.7. The van der Waals surface area contributed by atoms with Crippen molar-refractivity contribution in [3.05, 3.63) is 23.0 Å². The van der Waals surface area contributed by atoms with E-state index in [2.05, 4.69) is 16.0 Å². The number of carbonyl (C=O) groups excluding carboxylic acids is 1. The Morgan fingerprint density at radius 1 is 1.50 bits per heavy atom. The van der Waals surface area contributed by atoms with Gasteiger partial charge in [0.1, 0.15) is 6.07 Å². The van der Waals surface area contributed by atoms with Gasteiger partial charge >= 0.3 is 0 Å². The van der Waals surface area contributed by atoms with E-state index >= 15 is 0 Å². The van der Waals surface area contributed by atoms with Crippen molar-refractivity contribution in [2.45, 2.75) is 33.1 Å². The van der Waals surface area contributed by atoms with E-state index in [1.807, 2.05) is 19.9 Å². The quantitative estimate of drug-likeness (QED) is 0.907. The van der Waals surface area contributed by atoms with Gasteiger partial charge < -0.3 is 10.6 Å². The van der Waals surface area contributed by atoms with Crippen LogP contribution in [0.3, 0.4) is 0 Å². The fourth-order valence-electron chi connectivity index (χ4n) is 2.86. The average molecular weight is 272 g/mol. The van der Waals surface area contributed by atoms with Gasteiger partial charge in [0.2, 0.25) is 5.91 Å². The maximum absolute atomic E-state index is 11.0. The number of carbonyl (C=O) groups is 1. The molecule has 0 radical (unpaired) electrons. The summed E-state index contributed by atoms with van der Waals surface area (Å²) in [5.41, 5.74) is 8.58. The van der Waals surface area contributed by atoms with Crippen LogP contribution in [0.4, 0.5) is 5.69 Å². The van der Waals surface area contributed by atoms with Crippen molar-refractivity contribution < 1.29 is 4.79 Å².